The van der Waals surface area contributed by atoms with E-state index in [4.69, 9.17) is 4.43 Å². The van der Waals surface area contributed by atoms with Crippen molar-refractivity contribution in [2.24, 2.45) is 5.92 Å². The Labute approximate surface area is 66.4 Å². The van der Waals surface area contributed by atoms with Crippen LogP contribution in [0, 0.1) is 5.92 Å². The average Bonchev–Trinajstić information content (AvgIpc) is 1.79. The molecule has 0 amide bonds. The van der Waals surface area contributed by atoms with Crippen LogP contribution in [0.25, 0.3) is 0 Å². The minimum atomic E-state index is -0.429. The van der Waals surface area contributed by atoms with Gasteiger partial charge in [0.05, 0.1) is 0 Å². The standard InChI is InChI=1S/C7H19NOSi/c1-6(2)5-8-10-9-7(3)4/h6-8H,5,10H2,1-4H3. The Morgan fingerprint density at radius 2 is 1.90 bits per heavy atom. The van der Waals surface area contributed by atoms with E-state index in [0.29, 0.717) is 6.10 Å². The van der Waals surface area contributed by atoms with E-state index < -0.39 is 9.92 Å². The second-order valence-corrected chi connectivity index (χ2v) is 4.33. The smallest absolute Gasteiger partial charge is 0.236 e. The third kappa shape index (κ3) is 8.14. The summed E-state index contributed by atoms with van der Waals surface area (Å²) in [6.45, 7) is 9.65. The highest BCUT2D eigenvalue weighted by Crippen LogP contribution is 1.87. The average molecular weight is 161 g/mol. The van der Waals surface area contributed by atoms with Crippen molar-refractivity contribution < 1.29 is 4.43 Å². The second-order valence-electron chi connectivity index (χ2n) is 3.21. The molecule has 0 unspecified atom stereocenters. The van der Waals surface area contributed by atoms with Crippen molar-refractivity contribution in [3.05, 3.63) is 0 Å². The molecule has 0 bridgehead atoms. The maximum absolute atomic E-state index is 5.42. The number of rotatable bonds is 5. The molecule has 0 spiro atoms. The summed E-state index contributed by atoms with van der Waals surface area (Å²) in [5.41, 5.74) is 0. The fourth-order valence-electron chi connectivity index (χ4n) is 0.573. The van der Waals surface area contributed by atoms with Crippen LogP contribution in [0.2, 0.25) is 0 Å². The Balaban J connectivity index is 2.91. The Bertz CT molecular complexity index is 66.0. The second kappa shape index (κ2) is 5.89. The van der Waals surface area contributed by atoms with E-state index in [9.17, 15) is 0 Å². The summed E-state index contributed by atoms with van der Waals surface area (Å²) in [6, 6.07) is 0. The number of nitrogens with one attached hydrogen (secondary N) is 1. The van der Waals surface area contributed by atoms with Crippen LogP contribution in [0.4, 0.5) is 0 Å². The van der Waals surface area contributed by atoms with Gasteiger partial charge in [-0.15, -0.1) is 0 Å². The highest BCUT2D eigenvalue weighted by atomic mass is 28.2. The fourth-order valence-corrected chi connectivity index (χ4v) is 1.72. The molecule has 0 aliphatic heterocycles. The first kappa shape index (κ1) is 10.1. The summed E-state index contributed by atoms with van der Waals surface area (Å²) < 4.78 is 5.42. The first-order chi connectivity index (χ1) is 4.63. The SMILES string of the molecule is CC(C)CN[SiH2]OC(C)C. The van der Waals surface area contributed by atoms with Gasteiger partial charge in [0, 0.05) is 6.10 Å². The molecule has 0 heterocycles. The van der Waals surface area contributed by atoms with Crippen LogP contribution in [0.5, 0.6) is 0 Å². The van der Waals surface area contributed by atoms with Gasteiger partial charge >= 0.3 is 0 Å². The maximum atomic E-state index is 5.42. The Morgan fingerprint density at radius 3 is 2.30 bits per heavy atom. The molecule has 0 radical (unpaired) electrons. The van der Waals surface area contributed by atoms with Crippen LogP contribution in [0.15, 0.2) is 0 Å². The van der Waals surface area contributed by atoms with Gasteiger partial charge in [0.2, 0.25) is 9.92 Å². The Kier molecular flexibility index (Phi) is 5.97. The molecule has 2 nitrogen and oxygen atoms in total. The van der Waals surface area contributed by atoms with Gasteiger partial charge < -0.3 is 9.41 Å². The molecular weight excluding hydrogens is 142 g/mol. The van der Waals surface area contributed by atoms with Gasteiger partial charge in [-0.25, -0.2) is 0 Å². The molecule has 0 aliphatic carbocycles. The lowest BCUT2D eigenvalue weighted by Gasteiger charge is -2.09. The van der Waals surface area contributed by atoms with E-state index in [-0.39, 0.29) is 0 Å². The monoisotopic (exact) mass is 161 g/mol. The third-order valence-electron chi connectivity index (χ3n) is 1.07. The lowest BCUT2D eigenvalue weighted by molar-refractivity contribution is 0.249. The lowest BCUT2D eigenvalue weighted by atomic mass is 10.2. The molecule has 0 fully saturated rings. The van der Waals surface area contributed by atoms with Crippen molar-refractivity contribution in [2.45, 2.75) is 33.8 Å². The van der Waals surface area contributed by atoms with Crippen molar-refractivity contribution in [2.75, 3.05) is 6.54 Å². The van der Waals surface area contributed by atoms with E-state index in [0.717, 1.165) is 12.5 Å². The summed E-state index contributed by atoms with van der Waals surface area (Å²) in [4.78, 5) is 3.33. The third-order valence-corrected chi connectivity index (χ3v) is 2.40. The van der Waals surface area contributed by atoms with Gasteiger partial charge in [-0.2, -0.15) is 0 Å². The lowest BCUT2D eigenvalue weighted by Crippen LogP contribution is -2.28. The highest BCUT2D eigenvalue weighted by molar-refractivity contribution is 6.23. The largest absolute Gasteiger partial charge is 0.406 e. The normalized spacial score (nSPS) is 12.6. The zero-order valence-electron chi connectivity index (χ0n) is 7.48. The molecule has 3 heteroatoms. The molecule has 0 atom stereocenters. The van der Waals surface area contributed by atoms with Gasteiger partial charge in [0.15, 0.2) is 0 Å². The van der Waals surface area contributed by atoms with Crippen LogP contribution < -0.4 is 4.98 Å². The number of hydrogen-bond donors (Lipinski definition) is 1. The summed E-state index contributed by atoms with van der Waals surface area (Å²) in [6.07, 6.45) is 0.395. The predicted molar refractivity (Wildman–Crippen MR) is 47.6 cm³/mol. The fraction of sp³-hybridized carbons (Fsp3) is 1.00. The van der Waals surface area contributed by atoms with Gasteiger partial charge in [0.1, 0.15) is 0 Å². The van der Waals surface area contributed by atoms with E-state index >= 15 is 0 Å². The van der Waals surface area contributed by atoms with Gasteiger partial charge in [-0.3, -0.25) is 0 Å². The molecule has 0 aromatic carbocycles. The predicted octanol–water partition coefficient (Wildman–Crippen LogP) is 0.656. The zero-order valence-corrected chi connectivity index (χ0v) is 8.89. The number of hydrogen-bond acceptors (Lipinski definition) is 2. The molecule has 0 aromatic rings. The van der Waals surface area contributed by atoms with Crippen molar-refractivity contribution in [1.82, 2.24) is 4.98 Å². The van der Waals surface area contributed by atoms with Crippen LogP contribution in [-0.2, 0) is 4.43 Å². The summed E-state index contributed by atoms with van der Waals surface area (Å²) in [7, 11) is -0.429. The minimum Gasteiger partial charge on any atom is -0.406 e. The van der Waals surface area contributed by atoms with Gasteiger partial charge in [0.25, 0.3) is 0 Å². The molecule has 0 rings (SSSR count). The summed E-state index contributed by atoms with van der Waals surface area (Å²) in [5.74, 6) is 0.739. The molecule has 0 aromatic heterocycles. The molecular formula is C7H19NOSi. The van der Waals surface area contributed by atoms with Crippen molar-refractivity contribution in [3.8, 4) is 0 Å². The van der Waals surface area contributed by atoms with Crippen LogP contribution >= 0.6 is 0 Å². The summed E-state index contributed by atoms with van der Waals surface area (Å²) in [5, 5.41) is 0. The van der Waals surface area contributed by atoms with E-state index in [1.807, 2.05) is 0 Å². The Hall–Kier alpha value is 0.137. The molecule has 1 N–H and O–H groups in total. The first-order valence-corrected chi connectivity index (χ1v) is 5.23. The van der Waals surface area contributed by atoms with Gasteiger partial charge in [-0.1, -0.05) is 13.8 Å². The van der Waals surface area contributed by atoms with Crippen LogP contribution in [0.3, 0.4) is 0 Å². The van der Waals surface area contributed by atoms with E-state index in [1.54, 1.807) is 0 Å². The topological polar surface area (TPSA) is 21.3 Å². The Morgan fingerprint density at radius 1 is 1.30 bits per heavy atom. The van der Waals surface area contributed by atoms with Crippen LogP contribution in [-0.4, -0.2) is 22.6 Å². The molecule has 62 valence electrons. The quantitative estimate of drug-likeness (QED) is 0.472. The van der Waals surface area contributed by atoms with Crippen molar-refractivity contribution in [3.63, 3.8) is 0 Å². The zero-order chi connectivity index (χ0) is 7.98. The summed E-state index contributed by atoms with van der Waals surface area (Å²) >= 11 is 0. The van der Waals surface area contributed by atoms with Gasteiger partial charge in [-0.05, 0) is 26.3 Å². The van der Waals surface area contributed by atoms with Crippen molar-refractivity contribution >= 4 is 9.92 Å². The molecule has 0 saturated heterocycles. The van der Waals surface area contributed by atoms with Crippen LogP contribution in [0.1, 0.15) is 27.7 Å². The minimum absolute atomic E-state index is 0.395. The highest BCUT2D eigenvalue weighted by Gasteiger charge is 1.94. The van der Waals surface area contributed by atoms with E-state index in [2.05, 4.69) is 32.7 Å². The maximum Gasteiger partial charge on any atom is 0.236 e. The first-order valence-electron chi connectivity index (χ1n) is 3.95. The molecule has 10 heavy (non-hydrogen) atoms. The van der Waals surface area contributed by atoms with Crippen molar-refractivity contribution in [1.29, 1.82) is 0 Å². The molecule has 0 aliphatic rings. The van der Waals surface area contributed by atoms with E-state index in [1.165, 1.54) is 0 Å². The molecule has 0 saturated carbocycles.